The van der Waals surface area contributed by atoms with Crippen LogP contribution in [0.4, 0.5) is 0 Å². The van der Waals surface area contributed by atoms with Crippen molar-refractivity contribution in [3.05, 3.63) is 101 Å². The van der Waals surface area contributed by atoms with E-state index in [0.717, 1.165) is 5.56 Å². The van der Waals surface area contributed by atoms with Crippen LogP contribution in [-0.4, -0.2) is 14.4 Å². The minimum atomic E-state index is -3.50. The van der Waals surface area contributed by atoms with Crippen LogP contribution in [0.1, 0.15) is 27.0 Å². The van der Waals surface area contributed by atoms with Gasteiger partial charge < -0.3 is 4.74 Å². The Bertz CT molecular complexity index is 1120. The predicted octanol–water partition coefficient (Wildman–Crippen LogP) is 3.89. The Morgan fingerprint density at radius 2 is 1.61 bits per heavy atom. The van der Waals surface area contributed by atoms with Crippen LogP contribution in [0.2, 0.25) is 0 Å². The van der Waals surface area contributed by atoms with E-state index < -0.39 is 15.8 Å². The van der Waals surface area contributed by atoms with E-state index in [9.17, 15) is 13.2 Å². The van der Waals surface area contributed by atoms with Gasteiger partial charge >= 0.3 is 5.97 Å². The van der Waals surface area contributed by atoms with Gasteiger partial charge in [0.05, 0.1) is 27.8 Å². The Labute approximate surface area is 163 Å². The Morgan fingerprint density at radius 1 is 0.893 bits per heavy atom. The number of rotatable bonds is 6. The second-order valence-corrected chi connectivity index (χ2v) is 8.15. The summed E-state index contributed by atoms with van der Waals surface area (Å²) < 4.78 is 30.3. The molecule has 3 aromatic carbocycles. The average molecular weight is 391 g/mol. The lowest BCUT2D eigenvalue weighted by molar-refractivity contribution is 0.0472. The molecule has 0 heterocycles. The van der Waals surface area contributed by atoms with E-state index in [4.69, 9.17) is 10.00 Å². The number of ether oxygens (including phenoxy) is 1. The molecule has 0 fully saturated rings. The van der Waals surface area contributed by atoms with Gasteiger partial charge in [-0.1, -0.05) is 42.5 Å². The lowest BCUT2D eigenvalue weighted by Crippen LogP contribution is -2.08. The van der Waals surface area contributed by atoms with E-state index in [1.165, 1.54) is 6.07 Å². The van der Waals surface area contributed by atoms with Gasteiger partial charge in [0, 0.05) is 0 Å². The molecular formula is C22H17NO4S. The topological polar surface area (TPSA) is 84.2 Å². The number of carbonyl (C=O) groups is 1. The highest BCUT2D eigenvalue weighted by Crippen LogP contribution is 2.17. The first kappa shape index (κ1) is 19.3. The van der Waals surface area contributed by atoms with Gasteiger partial charge in [-0.3, -0.25) is 0 Å². The van der Waals surface area contributed by atoms with Crippen LogP contribution in [0.25, 0.3) is 0 Å². The van der Waals surface area contributed by atoms with Crippen molar-refractivity contribution in [3.8, 4) is 6.07 Å². The quantitative estimate of drug-likeness (QED) is 0.595. The first-order valence-electron chi connectivity index (χ1n) is 8.51. The Kier molecular flexibility index (Phi) is 5.87. The molecule has 0 aliphatic heterocycles. The Balaban J connectivity index is 1.68. The maximum absolute atomic E-state index is 12.5. The fourth-order valence-corrected chi connectivity index (χ4v) is 3.98. The van der Waals surface area contributed by atoms with E-state index in [1.54, 1.807) is 72.8 Å². The van der Waals surface area contributed by atoms with Gasteiger partial charge in [-0.05, 0) is 47.5 Å². The van der Waals surface area contributed by atoms with Gasteiger partial charge in [-0.15, -0.1) is 0 Å². The predicted molar refractivity (Wildman–Crippen MR) is 104 cm³/mol. The summed E-state index contributed by atoms with van der Waals surface area (Å²) in [5, 5.41) is 8.80. The minimum absolute atomic E-state index is 0.0666. The summed E-state index contributed by atoms with van der Waals surface area (Å²) in [6, 6.07) is 23.4. The third-order valence-electron chi connectivity index (χ3n) is 4.07. The monoisotopic (exact) mass is 391 g/mol. The number of esters is 1. The highest BCUT2D eigenvalue weighted by atomic mass is 32.2. The summed E-state index contributed by atoms with van der Waals surface area (Å²) in [6.07, 6.45) is 0. The summed E-state index contributed by atoms with van der Waals surface area (Å²) in [6.45, 7) is 0.0666. The van der Waals surface area contributed by atoms with Crippen molar-refractivity contribution in [2.24, 2.45) is 0 Å². The number of benzene rings is 3. The number of hydrogen-bond donors (Lipinski definition) is 0. The summed E-state index contributed by atoms with van der Waals surface area (Å²) in [5.74, 6) is -0.739. The van der Waals surface area contributed by atoms with Crippen LogP contribution in [0.3, 0.4) is 0 Å². The Morgan fingerprint density at radius 3 is 2.29 bits per heavy atom. The zero-order valence-electron chi connectivity index (χ0n) is 14.9. The summed E-state index contributed by atoms with van der Waals surface area (Å²) in [4.78, 5) is 12.5. The molecular weight excluding hydrogens is 374 g/mol. The zero-order valence-corrected chi connectivity index (χ0v) is 15.7. The lowest BCUT2D eigenvalue weighted by Gasteiger charge is -2.08. The van der Waals surface area contributed by atoms with E-state index in [1.807, 2.05) is 6.07 Å². The number of carbonyl (C=O) groups excluding carboxylic acids is 1. The highest BCUT2D eigenvalue weighted by Gasteiger charge is 2.16. The van der Waals surface area contributed by atoms with Crippen molar-refractivity contribution in [2.75, 3.05) is 0 Å². The van der Waals surface area contributed by atoms with Crippen LogP contribution in [0, 0.1) is 11.3 Å². The summed E-state index contributed by atoms with van der Waals surface area (Å²) in [5.41, 5.74) is 2.09. The van der Waals surface area contributed by atoms with Crippen molar-refractivity contribution in [3.63, 3.8) is 0 Å². The van der Waals surface area contributed by atoms with Gasteiger partial charge in [0.25, 0.3) is 0 Å². The molecule has 28 heavy (non-hydrogen) atoms. The SMILES string of the molecule is N#Cc1ccc(COC(=O)c2cccc(CS(=O)(=O)c3ccccc3)c2)cc1. The molecule has 0 aliphatic rings. The van der Waals surface area contributed by atoms with Crippen LogP contribution in [0.15, 0.2) is 83.8 Å². The largest absolute Gasteiger partial charge is 0.457 e. The second-order valence-electron chi connectivity index (χ2n) is 6.16. The molecule has 0 saturated carbocycles. The maximum Gasteiger partial charge on any atom is 0.338 e. The molecule has 3 rings (SSSR count). The molecule has 3 aromatic rings. The van der Waals surface area contributed by atoms with Gasteiger partial charge in [0.15, 0.2) is 9.84 Å². The van der Waals surface area contributed by atoms with E-state index in [-0.39, 0.29) is 22.8 Å². The molecule has 0 aromatic heterocycles. The fraction of sp³-hybridized carbons (Fsp3) is 0.0909. The fourth-order valence-electron chi connectivity index (χ4n) is 2.63. The van der Waals surface area contributed by atoms with Crippen molar-refractivity contribution in [1.29, 1.82) is 5.26 Å². The van der Waals surface area contributed by atoms with Gasteiger partial charge in [-0.25, -0.2) is 13.2 Å². The normalized spacial score (nSPS) is 10.8. The average Bonchev–Trinajstić information content (AvgIpc) is 2.73. The third-order valence-corrected chi connectivity index (χ3v) is 5.78. The van der Waals surface area contributed by atoms with Crippen LogP contribution >= 0.6 is 0 Å². The third kappa shape index (κ3) is 4.84. The number of sulfone groups is 1. The first-order chi connectivity index (χ1) is 13.5. The van der Waals surface area contributed by atoms with E-state index >= 15 is 0 Å². The van der Waals surface area contributed by atoms with Crippen molar-refractivity contribution < 1.29 is 17.9 Å². The first-order valence-corrected chi connectivity index (χ1v) is 10.2. The molecule has 0 saturated heterocycles. The summed E-state index contributed by atoms with van der Waals surface area (Å²) >= 11 is 0. The van der Waals surface area contributed by atoms with Gasteiger partial charge in [-0.2, -0.15) is 5.26 Å². The molecule has 0 bridgehead atoms. The molecule has 0 unspecified atom stereocenters. The standard InChI is InChI=1S/C22H17NO4S/c23-14-17-9-11-18(12-10-17)15-27-22(24)20-6-4-5-19(13-20)16-28(25,26)21-7-2-1-3-8-21/h1-13H,15-16H2. The van der Waals surface area contributed by atoms with Crippen LogP contribution in [-0.2, 0) is 26.9 Å². The van der Waals surface area contributed by atoms with Crippen LogP contribution in [0.5, 0.6) is 0 Å². The van der Waals surface area contributed by atoms with Crippen molar-refractivity contribution in [1.82, 2.24) is 0 Å². The molecule has 0 radical (unpaired) electrons. The van der Waals surface area contributed by atoms with E-state index in [0.29, 0.717) is 11.1 Å². The molecule has 6 heteroatoms. The van der Waals surface area contributed by atoms with Gasteiger partial charge in [0.1, 0.15) is 6.61 Å². The molecule has 0 aliphatic carbocycles. The molecule has 0 amide bonds. The molecule has 0 spiro atoms. The van der Waals surface area contributed by atoms with Gasteiger partial charge in [0.2, 0.25) is 0 Å². The summed E-state index contributed by atoms with van der Waals surface area (Å²) in [7, 11) is -3.50. The smallest absolute Gasteiger partial charge is 0.338 e. The molecule has 140 valence electrons. The van der Waals surface area contributed by atoms with Crippen LogP contribution < -0.4 is 0 Å². The second kappa shape index (κ2) is 8.51. The zero-order chi connectivity index (χ0) is 20.0. The number of hydrogen-bond acceptors (Lipinski definition) is 5. The lowest BCUT2D eigenvalue weighted by atomic mass is 10.1. The van der Waals surface area contributed by atoms with E-state index in [2.05, 4.69) is 0 Å². The maximum atomic E-state index is 12.5. The number of nitrogens with zero attached hydrogens (tertiary/aromatic N) is 1. The van der Waals surface area contributed by atoms with Crippen molar-refractivity contribution in [2.45, 2.75) is 17.3 Å². The molecule has 0 atom stereocenters. The van der Waals surface area contributed by atoms with Crippen molar-refractivity contribution >= 4 is 15.8 Å². The highest BCUT2D eigenvalue weighted by molar-refractivity contribution is 7.90. The molecule has 0 N–H and O–H groups in total. The minimum Gasteiger partial charge on any atom is -0.457 e. The molecule has 5 nitrogen and oxygen atoms in total. The Hall–Kier alpha value is -3.43. The number of nitriles is 1.